The molecular weight excluding hydrogens is 468 g/mol. The Morgan fingerprint density at radius 2 is 1.03 bits per heavy atom. The molecule has 0 fully saturated rings. The van der Waals surface area contributed by atoms with E-state index in [9.17, 15) is 0 Å². The van der Waals surface area contributed by atoms with Gasteiger partial charge >= 0.3 is 0 Å². The monoisotopic (exact) mass is 496 g/mol. The molecule has 33 heavy (non-hydrogen) atoms. The second-order valence-corrected chi connectivity index (χ2v) is 10.9. The van der Waals surface area contributed by atoms with E-state index in [0.29, 0.717) is 0 Å². The van der Waals surface area contributed by atoms with E-state index in [1.165, 1.54) is 11.5 Å². The molecule has 0 N–H and O–H groups in total. The van der Waals surface area contributed by atoms with Gasteiger partial charge in [0.25, 0.3) is 0 Å². The van der Waals surface area contributed by atoms with Gasteiger partial charge in [-0.15, -0.1) is 0 Å². The van der Waals surface area contributed by atoms with Gasteiger partial charge in [-0.1, -0.05) is 12.1 Å². The fraction of sp³-hybridized carbons (Fsp3) is 0.308. The topological polar surface area (TPSA) is 44.2 Å². The lowest BCUT2D eigenvalue weighted by Crippen LogP contribution is -1.94. The van der Waals surface area contributed by atoms with E-state index >= 15 is 0 Å². The Bertz CT molecular complexity index is 1110. The molecule has 0 amide bonds. The lowest BCUT2D eigenvalue weighted by molar-refractivity contribution is 0.415. The van der Waals surface area contributed by atoms with E-state index in [2.05, 4.69) is 24.3 Å². The highest BCUT2D eigenvalue weighted by molar-refractivity contribution is 8.04. The molecular formula is C26H28N2O2S3. The largest absolute Gasteiger partial charge is 0.497 e. The zero-order valence-corrected chi connectivity index (χ0v) is 21.4. The first-order valence-electron chi connectivity index (χ1n) is 10.9. The highest BCUT2D eigenvalue weighted by atomic mass is 32.2. The van der Waals surface area contributed by atoms with Crippen molar-refractivity contribution in [3.8, 4) is 11.5 Å². The van der Waals surface area contributed by atoms with Crippen molar-refractivity contribution in [3.05, 3.63) is 72.1 Å². The highest BCUT2D eigenvalue weighted by Crippen LogP contribution is 2.23. The maximum atomic E-state index is 5.28. The first kappa shape index (κ1) is 24.0. The minimum absolute atomic E-state index is 0.871. The molecule has 0 bridgehead atoms. The predicted octanol–water partition coefficient (Wildman–Crippen LogP) is 6.70. The molecule has 2 aromatic carbocycles. The summed E-state index contributed by atoms with van der Waals surface area (Å²) in [4.78, 5) is 9.53. The summed E-state index contributed by atoms with van der Waals surface area (Å²) >= 11 is 5.93. The van der Waals surface area contributed by atoms with E-state index in [-0.39, 0.29) is 0 Å². The smallest absolute Gasteiger partial charge is 0.119 e. The standard InChI is InChI=1S/C26H28N2O2S3/c1-29-23-7-9-25-19(15-23)3-5-21(27-25)17-32-13-11-31-12-14-33-18-22-6-4-20-16-24(30-2)8-10-26(20)28-22/h3-10,15-16H,11-14,17-18H2,1-2H3. The number of rotatable bonds is 12. The summed E-state index contributed by atoms with van der Waals surface area (Å²) in [5, 5.41) is 2.24. The van der Waals surface area contributed by atoms with Gasteiger partial charge in [0.05, 0.1) is 36.6 Å². The van der Waals surface area contributed by atoms with Gasteiger partial charge in [-0.25, -0.2) is 0 Å². The van der Waals surface area contributed by atoms with Crippen LogP contribution in [-0.4, -0.2) is 47.2 Å². The fourth-order valence-corrected chi connectivity index (χ4v) is 6.52. The van der Waals surface area contributed by atoms with Crippen LogP contribution in [0.15, 0.2) is 60.7 Å². The van der Waals surface area contributed by atoms with Gasteiger partial charge in [-0.05, 0) is 48.5 Å². The summed E-state index contributed by atoms with van der Waals surface area (Å²) in [6, 6.07) is 20.6. The molecule has 7 heteroatoms. The van der Waals surface area contributed by atoms with Gasteiger partial charge < -0.3 is 9.47 Å². The van der Waals surface area contributed by atoms with Crippen LogP contribution in [0.5, 0.6) is 11.5 Å². The number of thioether (sulfide) groups is 3. The van der Waals surface area contributed by atoms with Crippen molar-refractivity contribution in [2.75, 3.05) is 37.2 Å². The SMILES string of the molecule is COc1ccc2nc(CSCCSCCSCc3ccc4cc(OC)ccc4n3)ccc2c1. The van der Waals surface area contributed by atoms with Gasteiger partial charge in [0.2, 0.25) is 0 Å². The van der Waals surface area contributed by atoms with Crippen LogP contribution in [0.2, 0.25) is 0 Å². The molecule has 0 unspecified atom stereocenters. The lowest BCUT2D eigenvalue weighted by Gasteiger charge is -2.06. The maximum absolute atomic E-state index is 5.28. The quantitative estimate of drug-likeness (QED) is 0.202. The van der Waals surface area contributed by atoms with Crippen LogP contribution in [0.1, 0.15) is 11.4 Å². The number of pyridine rings is 2. The second kappa shape index (κ2) is 12.4. The van der Waals surface area contributed by atoms with Crippen LogP contribution >= 0.6 is 35.3 Å². The van der Waals surface area contributed by atoms with Crippen molar-refractivity contribution < 1.29 is 9.47 Å². The van der Waals surface area contributed by atoms with Crippen molar-refractivity contribution in [3.63, 3.8) is 0 Å². The zero-order valence-electron chi connectivity index (χ0n) is 19.0. The Morgan fingerprint density at radius 3 is 1.48 bits per heavy atom. The highest BCUT2D eigenvalue weighted by Gasteiger charge is 2.03. The van der Waals surface area contributed by atoms with Crippen molar-refractivity contribution in [1.82, 2.24) is 9.97 Å². The molecule has 4 aromatic rings. The molecule has 2 aromatic heterocycles. The third-order valence-corrected chi connectivity index (χ3v) is 8.64. The molecule has 0 aliphatic rings. The van der Waals surface area contributed by atoms with Crippen LogP contribution in [0.25, 0.3) is 21.8 Å². The molecule has 0 spiro atoms. The summed E-state index contributed by atoms with van der Waals surface area (Å²) < 4.78 is 10.6. The number of ether oxygens (including phenoxy) is 2. The van der Waals surface area contributed by atoms with Gasteiger partial charge in [-0.2, -0.15) is 35.3 Å². The first-order chi connectivity index (χ1) is 16.2. The summed E-state index contributed by atoms with van der Waals surface area (Å²) in [5.41, 5.74) is 4.33. The van der Waals surface area contributed by atoms with Crippen LogP contribution < -0.4 is 9.47 Å². The lowest BCUT2D eigenvalue weighted by atomic mass is 10.2. The van der Waals surface area contributed by atoms with Gasteiger partial charge in [0, 0.05) is 45.3 Å². The van der Waals surface area contributed by atoms with E-state index < -0.39 is 0 Å². The van der Waals surface area contributed by atoms with E-state index in [1.807, 2.05) is 71.7 Å². The Labute approximate surface area is 208 Å². The number of methoxy groups -OCH3 is 2. The summed E-state index contributed by atoms with van der Waals surface area (Å²) in [6.07, 6.45) is 0. The van der Waals surface area contributed by atoms with Crippen molar-refractivity contribution in [2.45, 2.75) is 11.5 Å². The summed E-state index contributed by atoms with van der Waals surface area (Å²) in [6.45, 7) is 0. The Balaban J connectivity index is 1.10. The molecule has 4 nitrogen and oxygen atoms in total. The number of fused-ring (bicyclic) bond motifs is 2. The minimum Gasteiger partial charge on any atom is -0.497 e. The average Bonchev–Trinajstić information content (AvgIpc) is 2.86. The normalized spacial score (nSPS) is 11.2. The second-order valence-electron chi connectivity index (χ2n) is 7.44. The van der Waals surface area contributed by atoms with E-state index in [1.54, 1.807) is 14.2 Å². The van der Waals surface area contributed by atoms with Crippen molar-refractivity contribution in [1.29, 1.82) is 0 Å². The third kappa shape index (κ3) is 6.95. The fourth-order valence-electron chi connectivity index (χ4n) is 3.40. The minimum atomic E-state index is 0.871. The predicted molar refractivity (Wildman–Crippen MR) is 146 cm³/mol. The maximum Gasteiger partial charge on any atom is 0.119 e. The van der Waals surface area contributed by atoms with E-state index in [0.717, 1.165) is 67.7 Å². The molecule has 4 rings (SSSR count). The number of nitrogens with zero attached hydrogens (tertiary/aromatic N) is 2. The van der Waals surface area contributed by atoms with E-state index in [4.69, 9.17) is 19.4 Å². The first-order valence-corrected chi connectivity index (χ1v) is 14.3. The summed E-state index contributed by atoms with van der Waals surface area (Å²) in [5.74, 6) is 8.29. The van der Waals surface area contributed by atoms with Gasteiger partial charge in [0.15, 0.2) is 0 Å². The number of hydrogen-bond acceptors (Lipinski definition) is 7. The van der Waals surface area contributed by atoms with Crippen molar-refractivity contribution >= 4 is 57.1 Å². The van der Waals surface area contributed by atoms with Crippen LogP contribution in [-0.2, 0) is 11.5 Å². The van der Waals surface area contributed by atoms with Crippen LogP contribution in [0, 0.1) is 0 Å². The number of benzene rings is 2. The molecule has 0 radical (unpaired) electrons. The third-order valence-electron chi connectivity index (χ3n) is 5.15. The number of aromatic nitrogens is 2. The molecule has 0 saturated heterocycles. The molecule has 2 heterocycles. The Morgan fingerprint density at radius 1 is 0.576 bits per heavy atom. The molecule has 0 aliphatic heterocycles. The molecule has 0 atom stereocenters. The van der Waals surface area contributed by atoms with Gasteiger partial charge in [-0.3, -0.25) is 9.97 Å². The zero-order chi connectivity index (χ0) is 22.9. The Kier molecular flexibility index (Phi) is 9.03. The average molecular weight is 497 g/mol. The molecule has 0 aliphatic carbocycles. The van der Waals surface area contributed by atoms with Crippen LogP contribution in [0.3, 0.4) is 0 Å². The Hall–Kier alpha value is -2.09. The van der Waals surface area contributed by atoms with Crippen molar-refractivity contribution in [2.24, 2.45) is 0 Å². The summed E-state index contributed by atoms with van der Waals surface area (Å²) in [7, 11) is 3.38. The van der Waals surface area contributed by atoms with Gasteiger partial charge in [0.1, 0.15) is 11.5 Å². The molecule has 0 saturated carbocycles. The number of hydrogen-bond donors (Lipinski definition) is 0. The van der Waals surface area contributed by atoms with Crippen LogP contribution in [0.4, 0.5) is 0 Å². The molecule has 172 valence electrons.